The minimum absolute atomic E-state index is 0.127. The number of fused-ring (bicyclic) bond motifs is 1. The van der Waals surface area contributed by atoms with Crippen LogP contribution >= 0.6 is 69.2 Å². The van der Waals surface area contributed by atoms with E-state index in [0.717, 1.165) is 176 Å². The van der Waals surface area contributed by atoms with E-state index in [2.05, 4.69) is 20.8 Å². The highest BCUT2D eigenvalue weighted by atomic mass is 32.1. The molecule has 6 heterocycles. The van der Waals surface area contributed by atoms with Crippen molar-refractivity contribution >= 4 is 80.0 Å². The van der Waals surface area contributed by atoms with Crippen molar-refractivity contribution in [3.8, 4) is 17.1 Å². The summed E-state index contributed by atoms with van der Waals surface area (Å²) in [7, 11) is 1.61. The first-order chi connectivity index (χ1) is 69.3. The monoisotopic (exact) mass is 2010 g/mol. The number of benzene rings is 14. The molecule has 0 aliphatic carbocycles. The van der Waals surface area contributed by atoms with E-state index in [0.29, 0.717) is 45.8 Å². The molecule has 0 spiro atoms. The molecule has 14 aromatic carbocycles. The normalized spacial score (nSPS) is 11.0. The molecular weight excluding hydrogens is 1910 g/mol. The van der Waals surface area contributed by atoms with Gasteiger partial charge in [0.2, 0.25) is 0 Å². The van der Waals surface area contributed by atoms with Gasteiger partial charge < -0.3 is 4.74 Å². The molecule has 31 heteroatoms. The SMILES string of the molecule is COc1ccc(Cn2sc(=O)n(Cc3ccccc3)c2=O)cc1.Cc1ccc(Cn2sc(=O)n(Cc3ccccc3)c2=O)cc1.Cc1cccc(C(C)(C)C)c1-n1sc(=O)n(Cc2ccccc2)c1=O.O=c1sn(-c2cccc3ccccc23)c(=O)n1Cc1ccccc1.O=c1sn(C(c2ccccc2)c2ccccc2)c(=O)n1Cc1ccccc1.O=c1sn(CCc2ccccc2)c(=O)n1Cc1ccccc1. The molecule has 0 saturated carbocycles. The average molecular weight is 2020 g/mol. The third kappa shape index (κ3) is 26.2. The number of aromatic nitrogens is 12. The third-order valence-corrected chi connectivity index (χ3v) is 28.6. The summed E-state index contributed by atoms with van der Waals surface area (Å²) in [6.45, 7) is 13.5. The van der Waals surface area contributed by atoms with Gasteiger partial charge in [0.15, 0.2) is 0 Å². The summed E-state index contributed by atoms with van der Waals surface area (Å²) in [5.74, 6) is 0.760. The third-order valence-electron chi connectivity index (χ3n) is 23.1. The Bertz CT molecular complexity index is 8380. The second kappa shape index (κ2) is 48.3. The summed E-state index contributed by atoms with van der Waals surface area (Å²) >= 11 is 5.79. The molecule has 25 nitrogen and oxygen atoms in total. The first-order valence-electron chi connectivity index (χ1n) is 45.9. The van der Waals surface area contributed by atoms with Crippen LogP contribution in [0.25, 0.3) is 22.1 Å². The first kappa shape index (κ1) is 102. The first-order valence-corrected chi connectivity index (χ1v) is 50.5. The molecule has 0 saturated heterocycles. The molecule has 0 bridgehead atoms. The molecule has 20 aromatic rings. The number of ether oxygens (including phenoxy) is 1. The molecule has 0 fully saturated rings. The molecule has 0 N–H and O–H groups in total. The summed E-state index contributed by atoms with van der Waals surface area (Å²) < 4.78 is 22.0. The van der Waals surface area contributed by atoms with Gasteiger partial charge in [0.1, 0.15) is 5.75 Å². The second-order valence-corrected chi connectivity index (χ2v) is 40.0. The Labute approximate surface area is 846 Å². The molecule has 6 aromatic heterocycles. The van der Waals surface area contributed by atoms with Crippen LogP contribution in [-0.4, -0.2) is 58.3 Å². The minimum Gasteiger partial charge on any atom is -0.497 e. The molecular formula is C112H102N12O13S6. The molecule has 724 valence electrons. The van der Waals surface area contributed by atoms with Gasteiger partial charge in [0, 0.05) is 81.1 Å². The van der Waals surface area contributed by atoms with Crippen LogP contribution in [0.2, 0.25) is 0 Å². The summed E-state index contributed by atoms with van der Waals surface area (Å²) in [6, 6.07) is 121. The summed E-state index contributed by atoms with van der Waals surface area (Å²) in [5.41, 5.74) is 13.7. The quantitative estimate of drug-likeness (QED) is 0.0515. The van der Waals surface area contributed by atoms with Crippen molar-refractivity contribution in [2.24, 2.45) is 0 Å². The Morgan fingerprint density at radius 2 is 0.580 bits per heavy atom. The smallest absolute Gasteiger partial charge is 0.346 e. The fourth-order valence-corrected chi connectivity index (χ4v) is 20.8. The van der Waals surface area contributed by atoms with Gasteiger partial charge in [0.25, 0.3) is 0 Å². The predicted octanol–water partition coefficient (Wildman–Crippen LogP) is 17.8. The fraction of sp³-hybridized carbons (Fsp3) is 0.161. The van der Waals surface area contributed by atoms with Crippen molar-refractivity contribution in [1.29, 1.82) is 0 Å². The van der Waals surface area contributed by atoms with E-state index in [-0.39, 0.29) is 87.9 Å². The van der Waals surface area contributed by atoms with Crippen LogP contribution in [-0.2, 0) is 70.7 Å². The summed E-state index contributed by atoms with van der Waals surface area (Å²) in [6.07, 6.45) is 0.742. The maximum absolute atomic E-state index is 13.1. The van der Waals surface area contributed by atoms with Gasteiger partial charge in [-0.2, -0.15) is 0 Å². The zero-order valence-corrected chi connectivity index (χ0v) is 84.0. The van der Waals surface area contributed by atoms with Gasteiger partial charge >= 0.3 is 63.4 Å². The number of aryl methyl sites for hydroxylation is 4. The van der Waals surface area contributed by atoms with E-state index < -0.39 is 0 Å². The minimum atomic E-state index is -0.324. The zero-order chi connectivity index (χ0) is 100. The number of methoxy groups -OCH3 is 1. The molecule has 0 radical (unpaired) electrons. The van der Waals surface area contributed by atoms with E-state index in [4.69, 9.17) is 4.74 Å². The number of hydrogen-bond donors (Lipinski definition) is 0. The van der Waals surface area contributed by atoms with Crippen LogP contribution in [0.4, 0.5) is 0 Å². The fourth-order valence-electron chi connectivity index (χ4n) is 15.7. The van der Waals surface area contributed by atoms with Gasteiger partial charge in [-0.1, -0.05) is 390 Å². The maximum Gasteiger partial charge on any atom is 0.346 e. The number of rotatable bonds is 25. The lowest BCUT2D eigenvalue weighted by Crippen LogP contribution is -2.31. The van der Waals surface area contributed by atoms with Crippen LogP contribution in [0, 0.1) is 13.8 Å². The van der Waals surface area contributed by atoms with Gasteiger partial charge in [-0.15, -0.1) is 0 Å². The molecule has 143 heavy (non-hydrogen) atoms. The molecule has 0 unspecified atom stereocenters. The van der Waals surface area contributed by atoms with E-state index in [1.165, 1.54) is 48.8 Å². The standard InChI is InChI=1S/C22H18N2O2S.C20H22N2O2S.C19H14N2O2S.C17H16N2O3S.2C17H16N2O2S/c25-21-23(16-17-10-4-1-5-11-17)22(26)27-24(21)20(18-12-6-2-7-13-18)19-14-8-3-9-15-19;1-14-9-8-12-16(20(2,3)4)17(14)22-18(23)21(19(24)25-22)13-15-10-6-5-7-11-15;22-18-20(13-14-7-2-1-3-8-14)19(23)24-21(18)17-12-6-10-15-9-4-5-11-16(15)17;1-22-15-9-7-14(8-10-15)12-19-16(20)18(17(21)23-19)11-13-5-3-2-4-6-13;1-13-7-9-15(10-8-13)12-19-16(20)18(17(21)22-19)11-14-5-3-2-4-6-14;20-16-18(13-15-9-5-2-6-10-15)17(21)22-19(16)12-11-14-7-3-1-4-8-14/h1-15,20H,16H2;5-12H,13H2,1-4H3;1-12H,13H2;2-10H,11-12H2,1H3;2-10H,11-12H2,1H3;1-10H,11-13H2. The van der Waals surface area contributed by atoms with Gasteiger partial charge in [-0.3, -0.25) is 28.8 Å². The zero-order valence-electron chi connectivity index (χ0n) is 79.1. The Hall–Kier alpha value is -15.9. The highest BCUT2D eigenvalue weighted by Gasteiger charge is 2.26. The number of nitrogens with zero attached hydrogens (tertiary/aromatic N) is 12. The Kier molecular flexibility index (Phi) is 34.3. The van der Waals surface area contributed by atoms with Crippen molar-refractivity contribution in [1.82, 2.24) is 51.1 Å². The summed E-state index contributed by atoms with van der Waals surface area (Å²) in [5, 5.41) is 1.99. The predicted molar refractivity (Wildman–Crippen MR) is 577 cm³/mol. The van der Waals surface area contributed by atoms with Crippen molar-refractivity contribution < 1.29 is 4.74 Å². The van der Waals surface area contributed by atoms with Crippen molar-refractivity contribution in [3.05, 3.63) is 581 Å². The van der Waals surface area contributed by atoms with E-state index in [9.17, 15) is 57.5 Å². The van der Waals surface area contributed by atoms with E-state index in [1.54, 1.807) is 15.0 Å². The molecule has 0 amide bonds. The molecule has 20 rings (SSSR count). The van der Waals surface area contributed by atoms with Gasteiger partial charge in [-0.25, -0.2) is 79.9 Å². The maximum atomic E-state index is 13.1. The van der Waals surface area contributed by atoms with Crippen LogP contribution in [0.15, 0.2) is 440 Å². The van der Waals surface area contributed by atoms with Crippen LogP contribution in [0.5, 0.6) is 5.75 Å². The van der Waals surface area contributed by atoms with E-state index >= 15 is 0 Å². The average Bonchev–Trinajstić information content (AvgIpc) is 1.65. The number of hydrogen-bond acceptors (Lipinski definition) is 19. The van der Waals surface area contributed by atoms with E-state index in [1.807, 2.05) is 396 Å². The summed E-state index contributed by atoms with van der Waals surface area (Å²) in [4.78, 5) is 148. The molecule has 0 aliphatic rings. The lowest BCUT2D eigenvalue weighted by atomic mass is 9.85. The topological polar surface area (TPSA) is 273 Å². The van der Waals surface area contributed by atoms with Crippen LogP contribution in [0.1, 0.15) is 105 Å². The highest BCUT2D eigenvalue weighted by Crippen LogP contribution is 2.32. The van der Waals surface area contributed by atoms with Crippen LogP contribution in [0.3, 0.4) is 0 Å². The molecule has 0 aliphatic heterocycles. The highest BCUT2D eigenvalue weighted by molar-refractivity contribution is 7.05. The van der Waals surface area contributed by atoms with Crippen molar-refractivity contribution in [2.45, 2.75) is 111 Å². The molecule has 0 atom stereocenters. The van der Waals surface area contributed by atoms with Crippen molar-refractivity contribution in [3.63, 3.8) is 0 Å². The van der Waals surface area contributed by atoms with Crippen LogP contribution < -0.4 is 68.1 Å². The van der Waals surface area contributed by atoms with Gasteiger partial charge in [0.05, 0.1) is 76.9 Å². The van der Waals surface area contributed by atoms with Gasteiger partial charge in [-0.05, 0) is 122 Å². The Morgan fingerprint density at radius 3 is 0.986 bits per heavy atom. The van der Waals surface area contributed by atoms with Crippen molar-refractivity contribution in [2.75, 3.05) is 7.11 Å². The second-order valence-electron chi connectivity index (χ2n) is 34.4. The number of para-hydroxylation sites is 1. The lowest BCUT2D eigenvalue weighted by molar-refractivity contribution is 0.414. The lowest BCUT2D eigenvalue weighted by Gasteiger charge is -2.23. The largest absolute Gasteiger partial charge is 0.497 e. The Morgan fingerprint density at radius 1 is 0.273 bits per heavy atom. The Balaban J connectivity index is 0.000000129.